The summed E-state index contributed by atoms with van der Waals surface area (Å²) < 4.78 is 7.94. The zero-order valence-electron chi connectivity index (χ0n) is 14.2. The third-order valence-electron chi connectivity index (χ3n) is 4.10. The van der Waals surface area contributed by atoms with Crippen molar-refractivity contribution in [1.82, 2.24) is 14.9 Å². The van der Waals surface area contributed by atoms with Crippen molar-refractivity contribution in [3.63, 3.8) is 0 Å². The van der Waals surface area contributed by atoms with Gasteiger partial charge in [0.2, 0.25) is 6.41 Å². The maximum Gasteiger partial charge on any atom is 0.207 e. The normalized spacial score (nSPS) is 12.1. The Bertz CT molecular complexity index is 892. The van der Waals surface area contributed by atoms with Gasteiger partial charge in [0.15, 0.2) is 0 Å². The molecule has 0 aliphatic heterocycles. The van der Waals surface area contributed by atoms with Gasteiger partial charge < -0.3 is 14.6 Å². The number of fused-ring (bicyclic) bond motifs is 1. The molecule has 0 spiro atoms. The minimum Gasteiger partial charge on any atom is -0.492 e. The van der Waals surface area contributed by atoms with Crippen LogP contribution < -0.4 is 10.1 Å². The minimum atomic E-state index is -0.178. The molecular formula is C19H20ClN3O2. The van der Waals surface area contributed by atoms with E-state index in [1.165, 1.54) is 0 Å². The van der Waals surface area contributed by atoms with E-state index in [9.17, 15) is 4.79 Å². The van der Waals surface area contributed by atoms with Gasteiger partial charge in [0.05, 0.1) is 23.6 Å². The van der Waals surface area contributed by atoms with Crippen LogP contribution in [0.25, 0.3) is 11.0 Å². The number of carbonyl (C=O) groups is 1. The van der Waals surface area contributed by atoms with Gasteiger partial charge in [-0.2, -0.15) is 0 Å². The topological polar surface area (TPSA) is 56.1 Å². The van der Waals surface area contributed by atoms with Gasteiger partial charge in [0, 0.05) is 5.02 Å². The van der Waals surface area contributed by atoms with E-state index in [4.69, 9.17) is 16.3 Å². The summed E-state index contributed by atoms with van der Waals surface area (Å²) >= 11 is 6.04. The number of amides is 1. The average molecular weight is 358 g/mol. The Labute approximate surface area is 151 Å². The van der Waals surface area contributed by atoms with Crippen LogP contribution in [0.1, 0.15) is 24.4 Å². The molecule has 0 aliphatic carbocycles. The number of aryl methyl sites for hydroxylation is 1. The van der Waals surface area contributed by atoms with Gasteiger partial charge in [-0.1, -0.05) is 23.7 Å². The van der Waals surface area contributed by atoms with E-state index in [-0.39, 0.29) is 6.04 Å². The molecule has 1 heterocycles. The van der Waals surface area contributed by atoms with E-state index >= 15 is 0 Å². The molecule has 0 saturated carbocycles. The summed E-state index contributed by atoms with van der Waals surface area (Å²) in [5, 5.41) is 3.49. The largest absolute Gasteiger partial charge is 0.492 e. The lowest BCUT2D eigenvalue weighted by molar-refractivity contribution is -0.110. The summed E-state index contributed by atoms with van der Waals surface area (Å²) in [7, 11) is 0. The monoisotopic (exact) mass is 357 g/mol. The quantitative estimate of drug-likeness (QED) is 0.653. The van der Waals surface area contributed by atoms with Crippen molar-refractivity contribution in [2.45, 2.75) is 26.4 Å². The molecule has 1 atom stereocenters. The summed E-state index contributed by atoms with van der Waals surface area (Å²) in [6.07, 6.45) is 0.696. The number of halogens is 1. The Hall–Kier alpha value is -2.53. The van der Waals surface area contributed by atoms with Crippen molar-refractivity contribution in [2.75, 3.05) is 6.61 Å². The van der Waals surface area contributed by atoms with Crippen LogP contribution in [-0.2, 0) is 11.3 Å². The first-order chi connectivity index (χ1) is 12.1. The number of benzene rings is 2. The van der Waals surface area contributed by atoms with E-state index in [1.54, 1.807) is 0 Å². The van der Waals surface area contributed by atoms with E-state index in [0.717, 1.165) is 33.2 Å². The van der Waals surface area contributed by atoms with Crippen LogP contribution in [-0.4, -0.2) is 22.6 Å². The molecule has 25 heavy (non-hydrogen) atoms. The zero-order chi connectivity index (χ0) is 17.8. The number of rotatable bonds is 7. The van der Waals surface area contributed by atoms with Crippen molar-refractivity contribution < 1.29 is 9.53 Å². The maximum absolute atomic E-state index is 10.8. The first-order valence-corrected chi connectivity index (χ1v) is 8.51. The predicted molar refractivity (Wildman–Crippen MR) is 99.0 cm³/mol. The lowest BCUT2D eigenvalue weighted by Crippen LogP contribution is -2.22. The summed E-state index contributed by atoms with van der Waals surface area (Å²) in [4.78, 5) is 15.4. The highest BCUT2D eigenvalue weighted by molar-refractivity contribution is 6.31. The van der Waals surface area contributed by atoms with E-state index in [1.807, 2.05) is 56.3 Å². The van der Waals surface area contributed by atoms with Crippen LogP contribution >= 0.6 is 11.6 Å². The molecule has 2 aromatic carbocycles. The standard InChI is InChI=1S/C19H20ClN3O2/c1-13-11-15(7-8-16(13)20)25-10-9-23-18-6-4-3-5-17(18)22-19(23)14(2)21-12-24/h3-8,11-12,14H,9-10H2,1-2H3,(H,21,24). The van der Waals surface area contributed by atoms with Crippen LogP contribution in [0.3, 0.4) is 0 Å². The Balaban J connectivity index is 1.80. The molecule has 0 radical (unpaired) electrons. The molecule has 0 fully saturated rings. The van der Waals surface area contributed by atoms with Gasteiger partial charge in [0.1, 0.15) is 18.2 Å². The summed E-state index contributed by atoms with van der Waals surface area (Å²) in [5.74, 6) is 1.59. The van der Waals surface area contributed by atoms with Crippen LogP contribution in [0.5, 0.6) is 5.75 Å². The van der Waals surface area contributed by atoms with Gasteiger partial charge in [0.25, 0.3) is 0 Å². The molecule has 0 bridgehead atoms. The Kier molecular flexibility index (Phi) is 5.24. The number of nitrogens with one attached hydrogen (secondary N) is 1. The second-order valence-corrected chi connectivity index (χ2v) is 6.28. The lowest BCUT2D eigenvalue weighted by atomic mass is 10.2. The summed E-state index contributed by atoms with van der Waals surface area (Å²) in [6.45, 7) is 4.98. The molecule has 1 unspecified atom stereocenters. The van der Waals surface area contributed by atoms with Crippen molar-refractivity contribution in [3.8, 4) is 5.75 Å². The van der Waals surface area contributed by atoms with Gasteiger partial charge >= 0.3 is 0 Å². The molecule has 0 saturated heterocycles. The third kappa shape index (κ3) is 3.77. The SMILES string of the molecule is Cc1cc(OCCn2c(C(C)NC=O)nc3ccccc32)ccc1Cl. The number of ether oxygens (including phenoxy) is 1. The highest BCUT2D eigenvalue weighted by atomic mass is 35.5. The molecule has 1 amide bonds. The zero-order valence-corrected chi connectivity index (χ0v) is 15.0. The fourth-order valence-corrected chi connectivity index (χ4v) is 2.92. The maximum atomic E-state index is 10.8. The van der Waals surface area contributed by atoms with E-state index in [2.05, 4.69) is 14.9 Å². The number of hydrogen-bond acceptors (Lipinski definition) is 3. The van der Waals surface area contributed by atoms with Crippen LogP contribution in [0, 0.1) is 6.92 Å². The molecule has 3 rings (SSSR count). The first kappa shape index (κ1) is 17.3. The summed E-state index contributed by atoms with van der Waals surface area (Å²) in [6, 6.07) is 13.4. The van der Waals surface area contributed by atoms with Crippen molar-refractivity contribution >= 4 is 29.0 Å². The first-order valence-electron chi connectivity index (χ1n) is 8.14. The molecule has 5 nitrogen and oxygen atoms in total. The lowest BCUT2D eigenvalue weighted by Gasteiger charge is -2.15. The molecule has 1 aromatic heterocycles. The number of carbonyl (C=O) groups excluding carboxylic acids is 1. The van der Waals surface area contributed by atoms with Crippen LogP contribution in [0.2, 0.25) is 5.02 Å². The minimum absolute atomic E-state index is 0.178. The highest BCUT2D eigenvalue weighted by Crippen LogP contribution is 2.23. The Morgan fingerprint density at radius 2 is 2.12 bits per heavy atom. The van der Waals surface area contributed by atoms with Gasteiger partial charge in [-0.15, -0.1) is 0 Å². The second kappa shape index (κ2) is 7.57. The molecule has 3 aromatic rings. The highest BCUT2D eigenvalue weighted by Gasteiger charge is 2.15. The predicted octanol–water partition coefficient (Wildman–Crippen LogP) is 3.88. The molecule has 130 valence electrons. The van der Waals surface area contributed by atoms with Crippen LogP contribution in [0.4, 0.5) is 0 Å². The van der Waals surface area contributed by atoms with Crippen molar-refractivity contribution in [1.29, 1.82) is 0 Å². The van der Waals surface area contributed by atoms with Crippen LogP contribution in [0.15, 0.2) is 42.5 Å². The Morgan fingerprint density at radius 1 is 1.32 bits per heavy atom. The molecular weight excluding hydrogens is 338 g/mol. The molecule has 1 N–H and O–H groups in total. The molecule has 6 heteroatoms. The fraction of sp³-hybridized carbons (Fsp3) is 0.263. The summed E-state index contributed by atoms with van der Waals surface area (Å²) in [5.41, 5.74) is 2.91. The Morgan fingerprint density at radius 3 is 2.88 bits per heavy atom. The number of aromatic nitrogens is 2. The molecule has 0 aliphatic rings. The number of para-hydroxylation sites is 2. The van der Waals surface area contributed by atoms with E-state index < -0.39 is 0 Å². The van der Waals surface area contributed by atoms with Gasteiger partial charge in [-0.3, -0.25) is 4.79 Å². The van der Waals surface area contributed by atoms with E-state index in [0.29, 0.717) is 19.6 Å². The van der Waals surface area contributed by atoms with Gasteiger partial charge in [-0.25, -0.2) is 4.98 Å². The smallest absolute Gasteiger partial charge is 0.207 e. The number of imidazole rings is 1. The number of nitrogens with zero attached hydrogens (tertiary/aromatic N) is 2. The average Bonchev–Trinajstić information content (AvgIpc) is 2.97. The fourth-order valence-electron chi connectivity index (χ4n) is 2.80. The number of hydrogen-bond donors (Lipinski definition) is 1. The van der Waals surface area contributed by atoms with Crippen molar-refractivity contribution in [2.24, 2.45) is 0 Å². The second-order valence-electron chi connectivity index (χ2n) is 5.88. The van der Waals surface area contributed by atoms with Gasteiger partial charge in [-0.05, 0) is 49.7 Å². The third-order valence-corrected chi connectivity index (χ3v) is 4.53. The van der Waals surface area contributed by atoms with Crippen molar-refractivity contribution in [3.05, 3.63) is 58.9 Å².